The van der Waals surface area contributed by atoms with Crippen LogP contribution in [0.3, 0.4) is 0 Å². The Hall–Kier alpha value is -2.74. The van der Waals surface area contributed by atoms with Crippen LogP contribution in [0.25, 0.3) is 10.2 Å². The van der Waals surface area contributed by atoms with Gasteiger partial charge in [-0.1, -0.05) is 0 Å². The quantitative estimate of drug-likeness (QED) is 0.651. The Bertz CT molecular complexity index is 905. The third-order valence-electron chi connectivity index (χ3n) is 4.39. The van der Waals surface area contributed by atoms with Gasteiger partial charge in [0.2, 0.25) is 0 Å². The van der Waals surface area contributed by atoms with Crippen molar-refractivity contribution in [1.29, 1.82) is 0 Å². The van der Waals surface area contributed by atoms with E-state index < -0.39 is 0 Å². The van der Waals surface area contributed by atoms with Gasteiger partial charge in [-0.3, -0.25) is 4.79 Å². The monoisotopic (exact) mass is 368 g/mol. The van der Waals surface area contributed by atoms with Gasteiger partial charge in [0.15, 0.2) is 0 Å². The highest BCUT2D eigenvalue weighted by Gasteiger charge is 2.14. The number of fused-ring (bicyclic) bond motifs is 1. The van der Waals surface area contributed by atoms with Gasteiger partial charge in [0.25, 0.3) is 5.91 Å². The topological polar surface area (TPSA) is 83.0 Å². The number of carbonyl (C=O) groups excluding carboxylic acids is 1. The van der Waals surface area contributed by atoms with Crippen LogP contribution in [0.4, 0.5) is 11.6 Å². The first-order valence-corrected chi connectivity index (χ1v) is 9.60. The summed E-state index contributed by atoms with van der Waals surface area (Å²) in [6.07, 6.45) is 4.01. The first kappa shape index (κ1) is 16.7. The minimum atomic E-state index is -0.0810. The number of carbonyl (C=O) groups is 1. The summed E-state index contributed by atoms with van der Waals surface area (Å²) >= 11 is 1.53. The Morgan fingerprint density at radius 3 is 2.88 bits per heavy atom. The fourth-order valence-electron chi connectivity index (χ4n) is 3.03. The third-order valence-corrected chi connectivity index (χ3v) is 5.18. The lowest BCUT2D eigenvalue weighted by atomic mass is 10.2. The summed E-state index contributed by atoms with van der Waals surface area (Å²) < 4.78 is 1.02. The lowest BCUT2D eigenvalue weighted by molar-refractivity contribution is 0.0955. The van der Waals surface area contributed by atoms with Crippen molar-refractivity contribution in [1.82, 2.24) is 20.3 Å². The number of rotatable bonds is 6. The van der Waals surface area contributed by atoms with Crippen molar-refractivity contribution in [3.63, 3.8) is 0 Å². The van der Waals surface area contributed by atoms with E-state index in [2.05, 4.69) is 30.5 Å². The first-order valence-electron chi connectivity index (χ1n) is 8.72. The molecule has 0 spiro atoms. The van der Waals surface area contributed by atoms with Crippen LogP contribution >= 0.6 is 11.3 Å². The van der Waals surface area contributed by atoms with E-state index in [9.17, 15) is 4.79 Å². The van der Waals surface area contributed by atoms with Crippen LogP contribution in [0.5, 0.6) is 0 Å². The summed E-state index contributed by atoms with van der Waals surface area (Å²) in [6.45, 7) is 3.22. The second-order valence-electron chi connectivity index (χ2n) is 6.17. The van der Waals surface area contributed by atoms with E-state index in [-0.39, 0.29) is 5.91 Å². The molecule has 1 saturated heterocycles. The van der Waals surface area contributed by atoms with Crippen molar-refractivity contribution in [3.8, 4) is 0 Å². The molecule has 3 heterocycles. The lowest BCUT2D eigenvalue weighted by Crippen LogP contribution is -2.29. The van der Waals surface area contributed by atoms with Gasteiger partial charge in [-0.05, 0) is 31.0 Å². The number of benzene rings is 1. The van der Waals surface area contributed by atoms with E-state index in [1.807, 2.05) is 18.2 Å². The smallest absolute Gasteiger partial charge is 0.251 e. The van der Waals surface area contributed by atoms with E-state index in [0.717, 1.165) is 34.9 Å². The molecule has 7 nitrogen and oxygen atoms in total. The zero-order chi connectivity index (χ0) is 17.8. The van der Waals surface area contributed by atoms with Gasteiger partial charge in [0.05, 0.1) is 15.7 Å². The van der Waals surface area contributed by atoms with Gasteiger partial charge in [-0.2, -0.15) is 0 Å². The summed E-state index contributed by atoms with van der Waals surface area (Å²) in [6, 6.07) is 7.52. The molecule has 2 N–H and O–H groups in total. The number of hydrogen-bond acceptors (Lipinski definition) is 7. The van der Waals surface area contributed by atoms with Gasteiger partial charge >= 0.3 is 0 Å². The maximum Gasteiger partial charge on any atom is 0.251 e. The molecule has 0 unspecified atom stereocenters. The number of amides is 1. The average molecular weight is 368 g/mol. The number of hydrogen-bond donors (Lipinski definition) is 2. The predicted molar refractivity (Wildman–Crippen MR) is 104 cm³/mol. The van der Waals surface area contributed by atoms with E-state index >= 15 is 0 Å². The minimum absolute atomic E-state index is 0.0810. The molecule has 2 aromatic heterocycles. The van der Waals surface area contributed by atoms with Crippen LogP contribution in [0.1, 0.15) is 23.2 Å². The molecule has 1 amide bonds. The van der Waals surface area contributed by atoms with Crippen molar-refractivity contribution in [2.75, 3.05) is 36.4 Å². The molecule has 4 rings (SSSR count). The van der Waals surface area contributed by atoms with E-state index in [4.69, 9.17) is 0 Å². The SMILES string of the molecule is O=C(NCCNc1cc(N2CCCC2)ncn1)c1ccc2ncsc2c1. The summed E-state index contributed by atoms with van der Waals surface area (Å²) in [7, 11) is 0. The second-order valence-corrected chi connectivity index (χ2v) is 7.06. The Kier molecular flexibility index (Phi) is 4.92. The molecule has 8 heteroatoms. The molecule has 1 fully saturated rings. The van der Waals surface area contributed by atoms with Crippen molar-refractivity contribution >= 4 is 39.1 Å². The molecule has 1 aliphatic heterocycles. The van der Waals surface area contributed by atoms with Crippen LogP contribution in [0.2, 0.25) is 0 Å². The number of nitrogens with one attached hydrogen (secondary N) is 2. The Morgan fingerprint density at radius 1 is 1.12 bits per heavy atom. The largest absolute Gasteiger partial charge is 0.368 e. The summed E-state index contributed by atoms with van der Waals surface area (Å²) in [4.78, 5) is 27.3. The van der Waals surface area contributed by atoms with Gasteiger partial charge in [-0.25, -0.2) is 15.0 Å². The van der Waals surface area contributed by atoms with Crippen LogP contribution in [-0.2, 0) is 0 Å². The van der Waals surface area contributed by atoms with Gasteiger partial charge in [0.1, 0.15) is 18.0 Å². The third kappa shape index (κ3) is 3.75. The average Bonchev–Trinajstić information content (AvgIpc) is 3.36. The number of thiazole rings is 1. The van der Waals surface area contributed by atoms with Gasteiger partial charge < -0.3 is 15.5 Å². The second kappa shape index (κ2) is 7.65. The maximum absolute atomic E-state index is 12.3. The molecular weight excluding hydrogens is 348 g/mol. The highest BCUT2D eigenvalue weighted by atomic mass is 32.1. The van der Waals surface area contributed by atoms with Crippen molar-refractivity contribution in [2.45, 2.75) is 12.8 Å². The Balaban J connectivity index is 1.28. The van der Waals surface area contributed by atoms with E-state index in [1.165, 1.54) is 24.2 Å². The molecule has 0 bridgehead atoms. The Morgan fingerprint density at radius 2 is 2.00 bits per heavy atom. The lowest BCUT2D eigenvalue weighted by Gasteiger charge is -2.16. The summed E-state index contributed by atoms with van der Waals surface area (Å²) in [5.74, 6) is 1.66. The molecular formula is C18H20N6OS. The number of anilines is 2. The number of aromatic nitrogens is 3. The van der Waals surface area contributed by atoms with Crippen LogP contribution in [0, 0.1) is 0 Å². The van der Waals surface area contributed by atoms with E-state index in [1.54, 1.807) is 17.9 Å². The summed E-state index contributed by atoms with van der Waals surface area (Å²) in [5.41, 5.74) is 3.36. The molecule has 134 valence electrons. The van der Waals surface area contributed by atoms with Gasteiger partial charge in [0, 0.05) is 37.8 Å². The standard InChI is InChI=1S/C18H20N6OS/c25-18(13-3-4-14-15(9-13)26-12-23-14)20-6-5-19-16-10-17(22-11-21-16)24-7-1-2-8-24/h3-4,9-12H,1-2,5-8H2,(H,20,25)(H,19,21,22). The molecule has 0 saturated carbocycles. The molecule has 0 atom stereocenters. The molecule has 0 aliphatic carbocycles. The maximum atomic E-state index is 12.3. The molecule has 1 aliphatic rings. The van der Waals surface area contributed by atoms with Crippen molar-refractivity contribution < 1.29 is 4.79 Å². The normalized spacial score (nSPS) is 13.9. The van der Waals surface area contributed by atoms with Crippen LogP contribution in [-0.4, -0.2) is 47.0 Å². The molecule has 0 radical (unpaired) electrons. The highest BCUT2D eigenvalue weighted by molar-refractivity contribution is 7.16. The zero-order valence-corrected chi connectivity index (χ0v) is 15.1. The highest BCUT2D eigenvalue weighted by Crippen LogP contribution is 2.20. The first-order chi connectivity index (χ1) is 12.8. The predicted octanol–water partition coefficient (Wildman–Crippen LogP) is 2.53. The minimum Gasteiger partial charge on any atom is -0.368 e. The van der Waals surface area contributed by atoms with E-state index in [0.29, 0.717) is 18.7 Å². The molecule has 1 aromatic carbocycles. The van der Waals surface area contributed by atoms with Crippen LogP contribution in [0.15, 0.2) is 36.1 Å². The Labute approximate surface area is 155 Å². The molecule has 26 heavy (non-hydrogen) atoms. The summed E-state index contributed by atoms with van der Waals surface area (Å²) in [5, 5.41) is 6.17. The molecule has 3 aromatic rings. The van der Waals surface area contributed by atoms with Crippen molar-refractivity contribution in [2.24, 2.45) is 0 Å². The number of nitrogens with zero attached hydrogens (tertiary/aromatic N) is 4. The van der Waals surface area contributed by atoms with Crippen LogP contribution < -0.4 is 15.5 Å². The zero-order valence-electron chi connectivity index (χ0n) is 14.3. The van der Waals surface area contributed by atoms with Crippen molar-refractivity contribution in [3.05, 3.63) is 41.7 Å². The fraction of sp³-hybridized carbons (Fsp3) is 0.333. The van der Waals surface area contributed by atoms with Gasteiger partial charge in [-0.15, -0.1) is 11.3 Å². The fourth-order valence-corrected chi connectivity index (χ4v) is 3.74.